The van der Waals surface area contributed by atoms with E-state index in [1.807, 2.05) is 0 Å². The van der Waals surface area contributed by atoms with Crippen molar-refractivity contribution in [2.24, 2.45) is 0 Å². The van der Waals surface area contributed by atoms with Crippen molar-refractivity contribution < 1.29 is 4.92 Å². The Morgan fingerprint density at radius 1 is 1.79 bits per heavy atom. The Hall–Kier alpha value is -1.62. The van der Waals surface area contributed by atoms with E-state index in [-0.39, 0.29) is 10.7 Å². The van der Waals surface area contributed by atoms with Gasteiger partial charge in [-0.15, -0.1) is 0 Å². The third-order valence-electron chi connectivity index (χ3n) is 1.67. The fraction of sp³-hybridized carbons (Fsp3) is 0.125. The van der Waals surface area contributed by atoms with Crippen molar-refractivity contribution in [1.29, 1.82) is 0 Å². The molecule has 74 valence electrons. The number of nitrogens with one attached hydrogen (secondary N) is 1. The molecule has 6 heteroatoms. The molecule has 1 heterocycles. The second-order valence-electron chi connectivity index (χ2n) is 2.43. The van der Waals surface area contributed by atoms with E-state index in [0.717, 1.165) is 6.20 Å². The summed E-state index contributed by atoms with van der Waals surface area (Å²) in [5, 5.41) is 13.3. The lowest BCUT2D eigenvalue weighted by molar-refractivity contribution is -0.385. The SMILES string of the molecule is C=Cc1c(NC)ncc([N+](=O)[O-])c1Cl. The predicted molar refractivity (Wildman–Crippen MR) is 55.5 cm³/mol. The van der Waals surface area contributed by atoms with Gasteiger partial charge in [0.15, 0.2) is 0 Å². The summed E-state index contributed by atoms with van der Waals surface area (Å²) >= 11 is 5.79. The summed E-state index contributed by atoms with van der Waals surface area (Å²) in [5.74, 6) is 0.468. The van der Waals surface area contributed by atoms with E-state index in [1.54, 1.807) is 7.05 Å². The summed E-state index contributed by atoms with van der Waals surface area (Å²) in [6.45, 7) is 3.51. The fourth-order valence-electron chi connectivity index (χ4n) is 1.01. The smallest absolute Gasteiger partial charge is 0.306 e. The van der Waals surface area contributed by atoms with E-state index in [4.69, 9.17) is 11.6 Å². The average molecular weight is 214 g/mol. The molecule has 0 aliphatic carbocycles. The molecule has 0 aliphatic heterocycles. The fourth-order valence-corrected chi connectivity index (χ4v) is 1.29. The second kappa shape index (κ2) is 4.06. The maximum absolute atomic E-state index is 10.5. The highest BCUT2D eigenvalue weighted by Crippen LogP contribution is 2.31. The van der Waals surface area contributed by atoms with Gasteiger partial charge < -0.3 is 5.32 Å². The Bertz CT molecular complexity index is 392. The van der Waals surface area contributed by atoms with Gasteiger partial charge in [0.25, 0.3) is 0 Å². The first kappa shape index (κ1) is 10.5. The largest absolute Gasteiger partial charge is 0.373 e. The minimum absolute atomic E-state index is 0.0457. The summed E-state index contributed by atoms with van der Waals surface area (Å²) in [7, 11) is 1.65. The third kappa shape index (κ3) is 1.67. The number of pyridine rings is 1. The monoisotopic (exact) mass is 213 g/mol. The third-order valence-corrected chi connectivity index (χ3v) is 2.07. The summed E-state index contributed by atoms with van der Waals surface area (Å²) in [6.07, 6.45) is 2.54. The molecule has 1 aromatic rings. The van der Waals surface area contributed by atoms with Crippen LogP contribution in [0, 0.1) is 10.1 Å². The van der Waals surface area contributed by atoms with Gasteiger partial charge in [-0.1, -0.05) is 24.3 Å². The van der Waals surface area contributed by atoms with Crippen LogP contribution in [0.4, 0.5) is 11.5 Å². The minimum Gasteiger partial charge on any atom is -0.373 e. The topological polar surface area (TPSA) is 68.1 Å². The van der Waals surface area contributed by atoms with E-state index in [1.165, 1.54) is 6.08 Å². The summed E-state index contributed by atoms with van der Waals surface area (Å²) < 4.78 is 0. The van der Waals surface area contributed by atoms with Crippen LogP contribution < -0.4 is 5.32 Å². The van der Waals surface area contributed by atoms with Crippen LogP contribution in [-0.4, -0.2) is 17.0 Å². The first-order chi connectivity index (χ1) is 6.61. The quantitative estimate of drug-likeness (QED) is 0.618. The molecule has 1 aromatic heterocycles. The second-order valence-corrected chi connectivity index (χ2v) is 2.81. The lowest BCUT2D eigenvalue weighted by atomic mass is 10.2. The zero-order valence-electron chi connectivity index (χ0n) is 7.45. The Labute approximate surface area is 85.6 Å². The Morgan fingerprint density at radius 3 is 2.86 bits per heavy atom. The zero-order chi connectivity index (χ0) is 10.7. The normalized spacial score (nSPS) is 9.57. The van der Waals surface area contributed by atoms with Gasteiger partial charge in [0.2, 0.25) is 0 Å². The van der Waals surface area contributed by atoms with Crippen LogP contribution in [0.5, 0.6) is 0 Å². The summed E-state index contributed by atoms with van der Waals surface area (Å²) in [4.78, 5) is 13.8. The van der Waals surface area contributed by atoms with Gasteiger partial charge in [-0.2, -0.15) is 0 Å². The summed E-state index contributed by atoms with van der Waals surface area (Å²) in [5.41, 5.74) is 0.212. The minimum atomic E-state index is -0.582. The van der Waals surface area contributed by atoms with Crippen LogP contribution in [0.2, 0.25) is 5.02 Å². The lowest BCUT2D eigenvalue weighted by Gasteiger charge is -2.05. The Morgan fingerprint density at radius 2 is 2.43 bits per heavy atom. The van der Waals surface area contributed by atoms with E-state index < -0.39 is 4.92 Å². The van der Waals surface area contributed by atoms with Crippen molar-refractivity contribution in [2.75, 3.05) is 12.4 Å². The van der Waals surface area contributed by atoms with E-state index >= 15 is 0 Å². The number of aromatic nitrogens is 1. The predicted octanol–water partition coefficient (Wildman–Crippen LogP) is 2.33. The van der Waals surface area contributed by atoms with Crippen LogP contribution in [-0.2, 0) is 0 Å². The van der Waals surface area contributed by atoms with Gasteiger partial charge in [-0.25, -0.2) is 4.98 Å². The van der Waals surface area contributed by atoms with Crippen LogP contribution in [0.15, 0.2) is 12.8 Å². The molecule has 0 aromatic carbocycles. The number of hydrogen-bond acceptors (Lipinski definition) is 4. The molecule has 5 nitrogen and oxygen atoms in total. The summed E-state index contributed by atoms with van der Waals surface area (Å²) in [6, 6.07) is 0. The number of nitro groups is 1. The Kier molecular flexibility index (Phi) is 3.03. The van der Waals surface area contributed by atoms with Gasteiger partial charge in [0.05, 0.1) is 4.92 Å². The molecule has 0 radical (unpaired) electrons. The van der Waals surface area contributed by atoms with Gasteiger partial charge in [-0.3, -0.25) is 10.1 Å². The molecule has 0 unspecified atom stereocenters. The van der Waals surface area contributed by atoms with Crippen molar-refractivity contribution in [2.45, 2.75) is 0 Å². The molecule has 0 aliphatic rings. The van der Waals surface area contributed by atoms with Crippen LogP contribution >= 0.6 is 11.6 Å². The van der Waals surface area contributed by atoms with Gasteiger partial charge in [0, 0.05) is 12.6 Å². The first-order valence-electron chi connectivity index (χ1n) is 3.75. The molecule has 0 spiro atoms. The van der Waals surface area contributed by atoms with E-state index in [2.05, 4.69) is 16.9 Å². The molecular weight excluding hydrogens is 206 g/mol. The van der Waals surface area contributed by atoms with Crippen LogP contribution in [0.25, 0.3) is 6.08 Å². The van der Waals surface area contributed by atoms with E-state index in [9.17, 15) is 10.1 Å². The van der Waals surface area contributed by atoms with Crippen molar-refractivity contribution in [1.82, 2.24) is 4.98 Å². The van der Waals surface area contributed by atoms with Crippen molar-refractivity contribution in [3.05, 3.63) is 33.5 Å². The number of hydrogen-bond donors (Lipinski definition) is 1. The van der Waals surface area contributed by atoms with Crippen molar-refractivity contribution >= 4 is 29.2 Å². The molecule has 1 N–H and O–H groups in total. The molecule has 0 bridgehead atoms. The molecule has 0 fully saturated rings. The molecule has 0 amide bonds. The lowest BCUT2D eigenvalue weighted by Crippen LogP contribution is -1.99. The van der Waals surface area contributed by atoms with Crippen molar-refractivity contribution in [3.8, 4) is 0 Å². The first-order valence-corrected chi connectivity index (χ1v) is 4.12. The Balaban J connectivity index is 3.42. The van der Waals surface area contributed by atoms with Crippen molar-refractivity contribution in [3.63, 3.8) is 0 Å². The number of rotatable bonds is 3. The molecule has 14 heavy (non-hydrogen) atoms. The number of halogens is 1. The zero-order valence-corrected chi connectivity index (χ0v) is 8.21. The maximum atomic E-state index is 10.5. The molecule has 1 rings (SSSR count). The maximum Gasteiger partial charge on any atom is 0.306 e. The molecule has 0 atom stereocenters. The van der Waals surface area contributed by atoms with Gasteiger partial charge in [0.1, 0.15) is 17.0 Å². The van der Waals surface area contributed by atoms with Crippen LogP contribution in [0.1, 0.15) is 5.56 Å². The highest BCUT2D eigenvalue weighted by atomic mass is 35.5. The van der Waals surface area contributed by atoms with Gasteiger partial charge in [-0.05, 0) is 0 Å². The van der Waals surface area contributed by atoms with E-state index in [0.29, 0.717) is 11.4 Å². The number of anilines is 1. The highest BCUT2D eigenvalue weighted by Gasteiger charge is 2.17. The molecule has 0 saturated heterocycles. The standard InChI is InChI=1S/C8H8ClN3O2/c1-3-5-7(9)6(12(13)14)4-11-8(5)10-2/h3-4H,1H2,2H3,(H,10,11). The van der Waals surface area contributed by atoms with Gasteiger partial charge >= 0.3 is 5.69 Å². The highest BCUT2D eigenvalue weighted by molar-refractivity contribution is 6.34. The van der Waals surface area contributed by atoms with Crippen LogP contribution in [0.3, 0.4) is 0 Å². The molecular formula is C8H8ClN3O2. The number of nitrogens with zero attached hydrogens (tertiary/aromatic N) is 2. The molecule has 0 saturated carbocycles. The average Bonchev–Trinajstić information content (AvgIpc) is 2.16.